The third-order valence-corrected chi connectivity index (χ3v) is 14.4. The Morgan fingerprint density at radius 1 is 1.02 bits per heavy atom. The molecule has 0 aliphatic carbocycles. The van der Waals surface area contributed by atoms with Crippen LogP contribution in [-0.4, -0.2) is 44.8 Å². The Labute approximate surface area is 276 Å². The van der Waals surface area contributed by atoms with Crippen LogP contribution >= 0.6 is 11.6 Å². The molecule has 2 heterocycles. The summed E-state index contributed by atoms with van der Waals surface area (Å²) in [5, 5.41) is 14.8. The number of nitrogens with one attached hydrogen (secondary N) is 1. The molecule has 0 bridgehead atoms. The quantitative estimate of drug-likeness (QED) is 0.195. The first-order valence-electron chi connectivity index (χ1n) is 15.6. The normalized spacial score (nSPS) is 22.3. The largest absolute Gasteiger partial charge is 0.497 e. The maximum atomic E-state index is 14.8. The van der Waals surface area contributed by atoms with E-state index in [1.165, 1.54) is 5.19 Å². The maximum absolute atomic E-state index is 14.8. The van der Waals surface area contributed by atoms with Gasteiger partial charge in [0.15, 0.2) is 5.60 Å². The minimum absolute atomic E-state index is 0.0372. The van der Waals surface area contributed by atoms with E-state index in [4.69, 9.17) is 21.1 Å². The van der Waals surface area contributed by atoms with Crippen LogP contribution in [0.4, 0.5) is 11.4 Å². The summed E-state index contributed by atoms with van der Waals surface area (Å²) in [6.07, 6.45) is 0.120. The second-order valence-electron chi connectivity index (χ2n) is 12.7. The van der Waals surface area contributed by atoms with Crippen molar-refractivity contribution in [3.05, 3.63) is 119 Å². The molecular weight excluding hydrogens is 616 g/mol. The van der Waals surface area contributed by atoms with E-state index >= 15 is 0 Å². The number of anilines is 2. The van der Waals surface area contributed by atoms with Crippen molar-refractivity contribution in [2.24, 2.45) is 5.92 Å². The molecular formula is C37H39ClN2O5Si. The van der Waals surface area contributed by atoms with E-state index in [-0.39, 0.29) is 36.0 Å². The van der Waals surface area contributed by atoms with Crippen LogP contribution in [0.5, 0.6) is 5.75 Å². The van der Waals surface area contributed by atoms with Gasteiger partial charge in [-0.25, -0.2) is 0 Å². The molecule has 2 aliphatic heterocycles. The number of carbonyl (C=O) groups is 2. The maximum Gasteiger partial charge on any atom is 0.264 e. The van der Waals surface area contributed by atoms with Crippen LogP contribution in [0.1, 0.15) is 34.8 Å². The first kappa shape index (κ1) is 32.0. The summed E-state index contributed by atoms with van der Waals surface area (Å²) in [6.45, 7) is 7.04. The van der Waals surface area contributed by atoms with Crippen molar-refractivity contribution in [3.63, 3.8) is 0 Å². The minimum atomic E-state index is -2.27. The molecule has 9 heteroatoms. The van der Waals surface area contributed by atoms with Crippen LogP contribution in [0.2, 0.25) is 23.7 Å². The molecule has 2 aliphatic rings. The van der Waals surface area contributed by atoms with Gasteiger partial charge in [-0.3, -0.25) is 9.59 Å². The minimum Gasteiger partial charge on any atom is -0.497 e. The number of hydrogen-bond acceptors (Lipinski definition) is 5. The van der Waals surface area contributed by atoms with Crippen LogP contribution in [0, 0.1) is 5.92 Å². The summed E-state index contributed by atoms with van der Waals surface area (Å²) in [4.78, 5) is 29.2. The lowest BCUT2D eigenvalue weighted by Crippen LogP contribution is -2.51. The van der Waals surface area contributed by atoms with Gasteiger partial charge >= 0.3 is 0 Å². The number of aliphatic hydroxyl groups excluding tert-OH is 1. The molecule has 46 heavy (non-hydrogen) atoms. The second-order valence-corrected chi connectivity index (χ2v) is 17.9. The van der Waals surface area contributed by atoms with Crippen LogP contribution in [0.25, 0.3) is 0 Å². The summed E-state index contributed by atoms with van der Waals surface area (Å²) in [6, 6.07) is 30.4. The highest BCUT2D eigenvalue weighted by Crippen LogP contribution is 2.60. The van der Waals surface area contributed by atoms with Gasteiger partial charge in [0.1, 0.15) is 5.75 Å². The number of methoxy groups -OCH3 is 1. The number of fused-ring (bicyclic) bond motifs is 2. The van der Waals surface area contributed by atoms with Gasteiger partial charge in [-0.2, -0.15) is 0 Å². The fraction of sp³-hybridized carbons (Fsp3) is 0.297. The average molecular weight is 655 g/mol. The molecule has 2 amide bonds. The van der Waals surface area contributed by atoms with Crippen molar-refractivity contribution in [2.75, 3.05) is 23.9 Å². The fourth-order valence-electron chi connectivity index (χ4n) is 7.51. The summed E-state index contributed by atoms with van der Waals surface area (Å²) in [7, 11) is -0.617. The molecule has 0 radical (unpaired) electrons. The van der Waals surface area contributed by atoms with E-state index in [0.717, 1.165) is 22.6 Å². The van der Waals surface area contributed by atoms with Crippen LogP contribution < -0.4 is 20.1 Å². The lowest BCUT2D eigenvalue weighted by Gasteiger charge is -2.37. The van der Waals surface area contributed by atoms with Gasteiger partial charge < -0.3 is 24.8 Å². The molecule has 4 aromatic carbocycles. The number of amides is 2. The zero-order chi connectivity index (χ0) is 32.6. The summed E-state index contributed by atoms with van der Waals surface area (Å²) in [5.41, 5.74) is 2.51. The molecule has 6 rings (SSSR count). The number of hydrogen-bond donors (Lipinski definition) is 2. The zero-order valence-corrected chi connectivity index (χ0v) is 28.3. The summed E-state index contributed by atoms with van der Waals surface area (Å²) in [5.74, 6) is 0.308. The topological polar surface area (TPSA) is 88.1 Å². The Hall–Kier alpha value is -3.95. The second kappa shape index (κ2) is 12.7. The average Bonchev–Trinajstić information content (AvgIpc) is 3.48. The monoisotopic (exact) mass is 654 g/mol. The Kier molecular flexibility index (Phi) is 8.82. The van der Waals surface area contributed by atoms with Crippen LogP contribution in [0.15, 0.2) is 97.1 Å². The van der Waals surface area contributed by atoms with Crippen molar-refractivity contribution in [2.45, 2.75) is 50.2 Å². The first-order valence-corrected chi connectivity index (χ1v) is 19.1. The van der Waals surface area contributed by atoms with Gasteiger partial charge in [-0.15, -0.1) is 0 Å². The smallest absolute Gasteiger partial charge is 0.264 e. The Morgan fingerprint density at radius 3 is 2.37 bits per heavy atom. The summed E-state index contributed by atoms with van der Waals surface area (Å²) < 4.78 is 12.4. The Bertz CT molecular complexity index is 1730. The molecule has 4 aromatic rings. The van der Waals surface area contributed by atoms with Crippen molar-refractivity contribution >= 4 is 48.1 Å². The number of ether oxygens (including phenoxy) is 2. The molecule has 0 saturated carbocycles. The van der Waals surface area contributed by atoms with E-state index in [1.54, 1.807) is 30.2 Å². The van der Waals surface area contributed by atoms with E-state index in [1.807, 2.05) is 66.7 Å². The Balaban J connectivity index is 1.31. The van der Waals surface area contributed by atoms with Gasteiger partial charge in [0.25, 0.3) is 11.8 Å². The fourth-order valence-corrected chi connectivity index (χ4v) is 11.7. The number of nitrogens with zero attached hydrogens (tertiary/aromatic N) is 1. The van der Waals surface area contributed by atoms with Crippen molar-refractivity contribution < 1.29 is 24.2 Å². The summed E-state index contributed by atoms with van der Waals surface area (Å²) >= 11 is 6.58. The molecule has 0 aromatic heterocycles. The highest BCUT2D eigenvalue weighted by Gasteiger charge is 2.66. The molecule has 1 spiro atoms. The number of halogens is 1. The molecule has 1 saturated heterocycles. The van der Waals surface area contributed by atoms with Gasteiger partial charge in [0.05, 0.1) is 33.5 Å². The van der Waals surface area contributed by atoms with Crippen molar-refractivity contribution in [3.8, 4) is 5.75 Å². The number of aliphatic hydroxyl groups is 1. The molecule has 7 nitrogen and oxygen atoms in total. The van der Waals surface area contributed by atoms with Gasteiger partial charge in [-0.1, -0.05) is 79.3 Å². The predicted octanol–water partition coefficient (Wildman–Crippen LogP) is 6.75. The highest BCUT2D eigenvalue weighted by molar-refractivity contribution is 6.91. The number of rotatable bonds is 9. The van der Waals surface area contributed by atoms with Crippen molar-refractivity contribution in [1.29, 1.82) is 0 Å². The van der Waals surface area contributed by atoms with E-state index in [2.05, 4.69) is 37.5 Å². The molecule has 1 fully saturated rings. The lowest BCUT2D eigenvalue weighted by atomic mass is 9.82. The van der Waals surface area contributed by atoms with E-state index < -0.39 is 13.7 Å². The standard InChI is InChI=1S/C37H39ClN2O5Si/c1-24-34(46(3,4)30-17-15-29(44-2)16-18-30)33(20-21-41)45-37(24)31-22-27(38)12-19-32(31)40(36(37)43)23-25-10-13-28(14-11-25)39-35(42)26-8-6-5-7-9-26/h5-19,22,24,33-34,41H,20-21,23H2,1-4H3,(H,39,42)/t24-,33+,34-,37+/m1/s1. The highest BCUT2D eigenvalue weighted by atomic mass is 35.5. The van der Waals surface area contributed by atoms with E-state index in [0.29, 0.717) is 29.2 Å². The Morgan fingerprint density at radius 2 is 1.72 bits per heavy atom. The van der Waals surface area contributed by atoms with Crippen LogP contribution in [-0.2, 0) is 21.7 Å². The third-order valence-electron chi connectivity index (χ3n) is 9.80. The number of carbonyl (C=O) groups excluding carboxylic acids is 2. The molecule has 0 unspecified atom stereocenters. The van der Waals surface area contributed by atoms with E-state index in [9.17, 15) is 14.7 Å². The van der Waals surface area contributed by atoms with Gasteiger partial charge in [0, 0.05) is 34.4 Å². The predicted molar refractivity (Wildman–Crippen MR) is 185 cm³/mol. The molecule has 238 valence electrons. The van der Waals surface area contributed by atoms with Crippen LogP contribution in [0.3, 0.4) is 0 Å². The third kappa shape index (κ3) is 5.53. The SMILES string of the molecule is COc1ccc([Si](C)(C)[C@H]2[C@H](CCO)O[C@@]3(C(=O)N(Cc4ccc(NC(=O)c5ccccc5)cc4)c4ccc(Cl)cc43)[C@@H]2C)cc1. The lowest BCUT2D eigenvalue weighted by molar-refractivity contribution is -0.146. The zero-order valence-electron chi connectivity index (χ0n) is 26.5. The molecule has 4 atom stereocenters. The van der Waals surface area contributed by atoms with Gasteiger partial charge in [0.2, 0.25) is 0 Å². The van der Waals surface area contributed by atoms with Gasteiger partial charge in [-0.05, 0) is 72.1 Å². The van der Waals surface area contributed by atoms with Crippen molar-refractivity contribution in [1.82, 2.24) is 0 Å². The first-order chi connectivity index (χ1) is 22.1. The number of benzene rings is 4. The molecule has 2 N–H and O–H groups in total.